The minimum atomic E-state index is -4.12. The molecule has 9 heteroatoms. The molecule has 0 aliphatic heterocycles. The molecule has 102 valence electrons. The summed E-state index contributed by atoms with van der Waals surface area (Å²) < 4.78 is 30.6. The van der Waals surface area contributed by atoms with Crippen LogP contribution >= 0.6 is 0 Å². The average molecular weight is 270 g/mol. The summed E-state index contributed by atoms with van der Waals surface area (Å²) in [6.45, 7) is 3.31. The van der Waals surface area contributed by atoms with Crippen molar-refractivity contribution in [2.45, 2.75) is 32.5 Å². The van der Waals surface area contributed by atoms with Crippen LogP contribution in [0.15, 0.2) is 0 Å². The van der Waals surface area contributed by atoms with E-state index in [-0.39, 0.29) is 0 Å². The third-order valence-corrected chi connectivity index (χ3v) is 2.50. The van der Waals surface area contributed by atoms with E-state index in [1.807, 2.05) is 4.72 Å². The van der Waals surface area contributed by atoms with Gasteiger partial charge in [-0.3, -0.25) is 0 Å². The van der Waals surface area contributed by atoms with Crippen molar-refractivity contribution < 1.29 is 28.2 Å². The van der Waals surface area contributed by atoms with E-state index < -0.39 is 41.2 Å². The van der Waals surface area contributed by atoms with E-state index in [2.05, 4.69) is 4.74 Å². The average Bonchev–Trinajstić information content (AvgIpc) is 2.13. The molecular formula is C8H18N2O6S. The molecule has 0 aliphatic carbocycles. The second-order valence-electron chi connectivity index (χ2n) is 4.04. The van der Waals surface area contributed by atoms with Crippen LogP contribution in [0.5, 0.6) is 0 Å². The van der Waals surface area contributed by atoms with E-state index in [1.54, 1.807) is 18.6 Å². The quantitative estimate of drug-likeness (QED) is 0.475. The fourth-order valence-corrected chi connectivity index (χ4v) is 1.53. The summed E-state index contributed by atoms with van der Waals surface area (Å²) in [6, 6.07) is 0. The molecule has 1 amide bonds. The van der Waals surface area contributed by atoms with Crippen LogP contribution in [-0.2, 0) is 14.9 Å². The van der Waals surface area contributed by atoms with Crippen molar-refractivity contribution in [3.63, 3.8) is 0 Å². The van der Waals surface area contributed by atoms with Crippen molar-refractivity contribution in [3.05, 3.63) is 0 Å². The zero-order chi connectivity index (χ0) is 13.7. The van der Waals surface area contributed by atoms with Crippen LogP contribution in [0.4, 0.5) is 4.79 Å². The molecule has 4 N–H and O–H groups in total. The van der Waals surface area contributed by atoms with Gasteiger partial charge in [0.25, 0.3) is 0 Å². The van der Waals surface area contributed by atoms with E-state index in [1.165, 1.54) is 6.92 Å². The van der Waals surface area contributed by atoms with Crippen LogP contribution in [0, 0.1) is 0 Å². The maximum atomic E-state index is 11.3. The van der Waals surface area contributed by atoms with Crippen molar-refractivity contribution in [2.75, 3.05) is 13.2 Å². The van der Waals surface area contributed by atoms with E-state index in [0.29, 0.717) is 0 Å². The molecule has 1 atom stereocenters. The molecule has 0 heterocycles. The Kier molecular flexibility index (Phi) is 5.82. The zero-order valence-electron chi connectivity index (χ0n) is 9.93. The third kappa shape index (κ3) is 7.91. The van der Waals surface area contributed by atoms with E-state index in [4.69, 9.17) is 5.11 Å². The normalized spacial score (nSPS) is 15.4. The molecule has 0 bridgehead atoms. The van der Waals surface area contributed by atoms with Gasteiger partial charge in [-0.1, -0.05) is 0 Å². The Balaban J connectivity index is 4.27. The van der Waals surface area contributed by atoms with Crippen molar-refractivity contribution >= 4 is 16.3 Å². The van der Waals surface area contributed by atoms with Gasteiger partial charge >= 0.3 is 16.3 Å². The van der Waals surface area contributed by atoms with Gasteiger partial charge in [-0.05, 0) is 20.8 Å². The number of amides is 1. The molecule has 17 heavy (non-hydrogen) atoms. The molecule has 8 nitrogen and oxygen atoms in total. The smallest absolute Gasteiger partial charge is 0.422 e. The summed E-state index contributed by atoms with van der Waals surface area (Å²) in [6.07, 6.45) is -1.57. The highest BCUT2D eigenvalue weighted by Gasteiger charge is 2.23. The summed E-state index contributed by atoms with van der Waals surface area (Å²) in [5.41, 5.74) is -1.60. The minimum absolute atomic E-state index is 0.437. The highest BCUT2D eigenvalue weighted by molar-refractivity contribution is 7.88. The summed E-state index contributed by atoms with van der Waals surface area (Å²) >= 11 is 0. The van der Waals surface area contributed by atoms with Gasteiger partial charge in [0, 0.05) is 6.54 Å². The molecule has 1 unspecified atom stereocenters. The van der Waals surface area contributed by atoms with Crippen LogP contribution in [0.2, 0.25) is 0 Å². The lowest BCUT2D eigenvalue weighted by atomic mass is 10.1. The number of aliphatic hydroxyl groups is 2. The molecule has 0 saturated carbocycles. The Morgan fingerprint density at radius 2 is 2.00 bits per heavy atom. The molecule has 0 rings (SSSR count). The topological polar surface area (TPSA) is 125 Å². The number of rotatable bonds is 6. The fraction of sp³-hybridized carbons (Fsp3) is 0.875. The van der Waals surface area contributed by atoms with E-state index >= 15 is 0 Å². The van der Waals surface area contributed by atoms with Gasteiger partial charge in [-0.2, -0.15) is 13.1 Å². The van der Waals surface area contributed by atoms with Crippen molar-refractivity contribution in [1.29, 1.82) is 0 Å². The van der Waals surface area contributed by atoms with Crippen LogP contribution in [0.1, 0.15) is 20.8 Å². The number of carbonyl (C=O) groups is 1. The number of aliphatic hydroxyl groups excluding tert-OH is 1. The van der Waals surface area contributed by atoms with Crippen molar-refractivity contribution in [3.8, 4) is 0 Å². The summed E-state index contributed by atoms with van der Waals surface area (Å²) in [5, 5.41) is 18.0. The highest BCUT2D eigenvalue weighted by atomic mass is 32.2. The molecule has 0 spiro atoms. The zero-order valence-corrected chi connectivity index (χ0v) is 10.7. The van der Waals surface area contributed by atoms with Gasteiger partial charge in [-0.15, -0.1) is 0 Å². The van der Waals surface area contributed by atoms with Crippen molar-refractivity contribution in [1.82, 2.24) is 9.44 Å². The first-order valence-corrected chi connectivity index (χ1v) is 6.37. The Morgan fingerprint density at radius 3 is 2.41 bits per heavy atom. The van der Waals surface area contributed by atoms with Crippen LogP contribution in [0.25, 0.3) is 0 Å². The van der Waals surface area contributed by atoms with E-state index in [9.17, 15) is 18.3 Å². The largest absolute Gasteiger partial charge is 0.446 e. The first-order chi connectivity index (χ1) is 7.58. The molecule has 0 aromatic heterocycles. The number of ether oxygens (including phenoxy) is 1. The third-order valence-electron chi connectivity index (χ3n) is 1.54. The molecule has 0 fully saturated rings. The molecule has 0 aliphatic rings. The van der Waals surface area contributed by atoms with Crippen LogP contribution < -0.4 is 9.44 Å². The Bertz CT molecular complexity index is 351. The predicted molar refractivity (Wildman–Crippen MR) is 59.4 cm³/mol. The van der Waals surface area contributed by atoms with Gasteiger partial charge < -0.3 is 14.9 Å². The van der Waals surface area contributed by atoms with Gasteiger partial charge in [0.1, 0.15) is 0 Å². The van der Waals surface area contributed by atoms with Crippen LogP contribution in [-0.4, -0.2) is 49.6 Å². The Hall–Kier alpha value is -0.900. The summed E-state index contributed by atoms with van der Waals surface area (Å²) in [4.78, 5) is 11.0. The molecule has 0 aromatic carbocycles. The summed E-state index contributed by atoms with van der Waals surface area (Å²) in [7, 11) is -4.12. The predicted octanol–water partition coefficient (Wildman–Crippen LogP) is -1.30. The number of nitrogens with one attached hydrogen (secondary N) is 2. The summed E-state index contributed by atoms with van der Waals surface area (Å²) in [5.74, 6) is 0. The number of carbonyl (C=O) groups excluding carboxylic acids is 1. The lowest BCUT2D eigenvalue weighted by Gasteiger charge is -2.20. The van der Waals surface area contributed by atoms with Gasteiger partial charge in [-0.25, -0.2) is 9.52 Å². The van der Waals surface area contributed by atoms with Crippen LogP contribution in [0.3, 0.4) is 0 Å². The minimum Gasteiger partial charge on any atom is -0.446 e. The van der Waals surface area contributed by atoms with Gasteiger partial charge in [0.05, 0.1) is 18.3 Å². The molecule has 0 aromatic rings. The molecule has 0 saturated heterocycles. The SMILES string of the molecule is CC(C)OC(=O)NS(=O)(=O)NCC(C)(O)CO. The first kappa shape index (κ1) is 16.1. The maximum absolute atomic E-state index is 11.3. The van der Waals surface area contributed by atoms with E-state index in [0.717, 1.165) is 0 Å². The number of hydrogen-bond acceptors (Lipinski definition) is 6. The Morgan fingerprint density at radius 1 is 1.47 bits per heavy atom. The molecular weight excluding hydrogens is 252 g/mol. The second kappa shape index (κ2) is 6.15. The standard InChI is InChI=1S/C8H18N2O6S/c1-6(2)16-7(12)10-17(14,15)9-4-8(3,13)5-11/h6,9,11,13H,4-5H2,1-3H3,(H,10,12). The van der Waals surface area contributed by atoms with Gasteiger partial charge in [0.2, 0.25) is 0 Å². The highest BCUT2D eigenvalue weighted by Crippen LogP contribution is 1.99. The maximum Gasteiger partial charge on any atom is 0.422 e. The number of hydrogen-bond donors (Lipinski definition) is 4. The monoisotopic (exact) mass is 270 g/mol. The first-order valence-electron chi connectivity index (χ1n) is 4.89. The fourth-order valence-electron chi connectivity index (χ4n) is 0.690. The van der Waals surface area contributed by atoms with Gasteiger partial charge in [0.15, 0.2) is 0 Å². The lowest BCUT2D eigenvalue weighted by Crippen LogP contribution is -2.48. The van der Waals surface area contributed by atoms with Crippen molar-refractivity contribution in [2.24, 2.45) is 0 Å². The lowest BCUT2D eigenvalue weighted by molar-refractivity contribution is 0.00673. The Labute approximate surface area is 100 Å². The second-order valence-corrected chi connectivity index (χ2v) is 5.54. The molecule has 0 radical (unpaired) electrons.